The number of fused-ring (bicyclic) bond motifs is 1. The summed E-state index contributed by atoms with van der Waals surface area (Å²) >= 11 is 0. The maximum Gasteiger partial charge on any atom is 0.490 e. The SMILES string of the molecule is CCN(C)C(=O)c1cc(-c2ccn[nH]2)n2ccccc12.O=C(O)C(F)(F)F. The zero-order valence-corrected chi connectivity index (χ0v) is 14.5. The van der Waals surface area contributed by atoms with Crippen LogP contribution < -0.4 is 0 Å². The Morgan fingerprint density at radius 2 is 1.96 bits per heavy atom. The maximum atomic E-state index is 12.5. The van der Waals surface area contributed by atoms with Crippen LogP contribution in [0, 0.1) is 0 Å². The van der Waals surface area contributed by atoms with Crippen molar-refractivity contribution in [2.75, 3.05) is 13.6 Å². The third kappa shape index (κ3) is 4.46. The molecule has 0 spiro atoms. The topological polar surface area (TPSA) is 90.7 Å². The van der Waals surface area contributed by atoms with Gasteiger partial charge in [-0.2, -0.15) is 18.3 Å². The number of pyridine rings is 1. The first-order valence-electron chi connectivity index (χ1n) is 7.82. The average Bonchev–Trinajstić information content (AvgIpc) is 3.27. The van der Waals surface area contributed by atoms with Gasteiger partial charge in [-0.3, -0.25) is 9.89 Å². The van der Waals surface area contributed by atoms with E-state index in [2.05, 4.69) is 10.2 Å². The van der Waals surface area contributed by atoms with E-state index in [1.54, 1.807) is 11.1 Å². The van der Waals surface area contributed by atoms with Crippen LogP contribution in [0.3, 0.4) is 0 Å². The summed E-state index contributed by atoms with van der Waals surface area (Å²) in [7, 11) is 1.81. The number of aromatic amines is 1. The van der Waals surface area contributed by atoms with Crippen molar-refractivity contribution in [3.8, 4) is 11.4 Å². The monoisotopic (exact) mass is 382 g/mol. The highest BCUT2D eigenvalue weighted by molar-refractivity contribution is 6.02. The molecule has 2 N–H and O–H groups in total. The molecule has 0 aliphatic carbocycles. The lowest BCUT2D eigenvalue weighted by Crippen LogP contribution is -2.25. The van der Waals surface area contributed by atoms with Gasteiger partial charge in [0.15, 0.2) is 0 Å². The van der Waals surface area contributed by atoms with Gasteiger partial charge in [0.2, 0.25) is 0 Å². The Kier molecular flexibility index (Phi) is 5.88. The highest BCUT2D eigenvalue weighted by Gasteiger charge is 2.38. The molecule has 3 aromatic rings. The molecule has 1 amide bonds. The lowest BCUT2D eigenvalue weighted by molar-refractivity contribution is -0.192. The van der Waals surface area contributed by atoms with Gasteiger partial charge in [-0.25, -0.2) is 4.79 Å². The first kappa shape index (κ1) is 20.0. The van der Waals surface area contributed by atoms with E-state index in [1.807, 2.05) is 54.9 Å². The fourth-order valence-corrected chi connectivity index (χ4v) is 2.28. The lowest BCUT2D eigenvalue weighted by Gasteiger charge is -2.13. The van der Waals surface area contributed by atoms with E-state index in [4.69, 9.17) is 9.90 Å². The number of carbonyl (C=O) groups is 2. The van der Waals surface area contributed by atoms with E-state index in [9.17, 15) is 18.0 Å². The highest BCUT2D eigenvalue weighted by atomic mass is 19.4. The van der Waals surface area contributed by atoms with Gasteiger partial charge in [0.1, 0.15) is 0 Å². The van der Waals surface area contributed by atoms with Gasteiger partial charge in [0, 0.05) is 26.0 Å². The minimum absolute atomic E-state index is 0.0296. The number of amides is 1. The van der Waals surface area contributed by atoms with Crippen molar-refractivity contribution < 1.29 is 27.9 Å². The van der Waals surface area contributed by atoms with Crippen molar-refractivity contribution in [2.24, 2.45) is 0 Å². The second-order valence-corrected chi connectivity index (χ2v) is 5.49. The van der Waals surface area contributed by atoms with E-state index in [0.29, 0.717) is 12.1 Å². The van der Waals surface area contributed by atoms with Crippen LogP contribution in [-0.4, -0.2) is 56.2 Å². The minimum Gasteiger partial charge on any atom is -0.475 e. The standard InChI is InChI=1S/C15H16N4O.C2HF3O2/c1-3-18(2)15(20)11-10-14(12-7-8-16-17-12)19-9-5-4-6-13(11)19;3-2(4,5)1(6)7/h4-10H,3H2,1-2H3,(H,16,17);(H,6,7). The number of carbonyl (C=O) groups excluding carboxylic acids is 1. The predicted octanol–water partition coefficient (Wildman–Crippen LogP) is 3.05. The summed E-state index contributed by atoms with van der Waals surface area (Å²) < 4.78 is 33.7. The predicted molar refractivity (Wildman–Crippen MR) is 91.3 cm³/mol. The molecule has 0 saturated heterocycles. The second kappa shape index (κ2) is 7.94. The Hall–Kier alpha value is -3.30. The smallest absolute Gasteiger partial charge is 0.475 e. The number of aromatic nitrogens is 3. The first-order valence-corrected chi connectivity index (χ1v) is 7.82. The van der Waals surface area contributed by atoms with Crippen LogP contribution in [-0.2, 0) is 4.79 Å². The van der Waals surface area contributed by atoms with Crippen LogP contribution in [0.25, 0.3) is 16.9 Å². The van der Waals surface area contributed by atoms with Crippen LogP contribution in [0.2, 0.25) is 0 Å². The van der Waals surface area contributed by atoms with E-state index in [0.717, 1.165) is 16.9 Å². The Morgan fingerprint density at radius 3 is 2.48 bits per heavy atom. The summed E-state index contributed by atoms with van der Waals surface area (Å²) in [5.41, 5.74) is 3.44. The molecule has 3 heterocycles. The van der Waals surface area contributed by atoms with Crippen LogP contribution in [0.4, 0.5) is 13.2 Å². The van der Waals surface area contributed by atoms with Gasteiger partial charge in [-0.05, 0) is 31.2 Å². The molecule has 0 aliphatic rings. The number of carboxylic acid groups (broad SMARTS) is 1. The molecule has 3 aromatic heterocycles. The zero-order valence-electron chi connectivity index (χ0n) is 14.5. The molecule has 0 aromatic carbocycles. The minimum atomic E-state index is -5.08. The van der Waals surface area contributed by atoms with Crippen molar-refractivity contribution in [3.63, 3.8) is 0 Å². The van der Waals surface area contributed by atoms with Crippen molar-refractivity contribution in [3.05, 3.63) is 48.3 Å². The van der Waals surface area contributed by atoms with E-state index >= 15 is 0 Å². The fraction of sp³-hybridized carbons (Fsp3) is 0.235. The fourth-order valence-electron chi connectivity index (χ4n) is 2.28. The van der Waals surface area contributed by atoms with Gasteiger partial charge in [-0.15, -0.1) is 0 Å². The number of aliphatic carboxylic acids is 1. The molecule has 10 heteroatoms. The number of nitrogens with zero attached hydrogens (tertiary/aromatic N) is 3. The first-order chi connectivity index (χ1) is 12.7. The lowest BCUT2D eigenvalue weighted by atomic mass is 10.2. The number of hydrogen-bond donors (Lipinski definition) is 2. The molecular weight excluding hydrogens is 365 g/mol. The molecule has 144 valence electrons. The summed E-state index contributed by atoms with van der Waals surface area (Å²) in [6.07, 6.45) is -1.43. The van der Waals surface area contributed by atoms with Crippen molar-refractivity contribution in [1.82, 2.24) is 19.5 Å². The van der Waals surface area contributed by atoms with Gasteiger partial charge in [-0.1, -0.05) is 6.07 Å². The number of alkyl halides is 3. The molecule has 3 rings (SSSR count). The van der Waals surface area contributed by atoms with Crippen LogP contribution in [0.15, 0.2) is 42.7 Å². The summed E-state index contributed by atoms with van der Waals surface area (Å²) in [5.74, 6) is -2.73. The Balaban J connectivity index is 0.000000321. The number of carboxylic acids is 1. The maximum absolute atomic E-state index is 12.5. The van der Waals surface area contributed by atoms with Crippen molar-refractivity contribution >= 4 is 17.4 Å². The normalized spacial score (nSPS) is 11.0. The van der Waals surface area contributed by atoms with Crippen LogP contribution in [0.1, 0.15) is 17.3 Å². The van der Waals surface area contributed by atoms with E-state index in [1.165, 1.54) is 0 Å². The summed E-state index contributed by atoms with van der Waals surface area (Å²) in [5, 5.41) is 14.0. The van der Waals surface area contributed by atoms with E-state index in [-0.39, 0.29) is 5.91 Å². The second-order valence-electron chi connectivity index (χ2n) is 5.49. The van der Waals surface area contributed by atoms with E-state index < -0.39 is 12.1 Å². The van der Waals surface area contributed by atoms with Gasteiger partial charge >= 0.3 is 12.1 Å². The van der Waals surface area contributed by atoms with Crippen LogP contribution in [0.5, 0.6) is 0 Å². The van der Waals surface area contributed by atoms with Gasteiger partial charge in [0.25, 0.3) is 5.91 Å². The summed E-state index contributed by atoms with van der Waals surface area (Å²) in [6.45, 7) is 2.65. The molecule has 27 heavy (non-hydrogen) atoms. The highest BCUT2D eigenvalue weighted by Crippen LogP contribution is 2.25. The third-order valence-corrected chi connectivity index (χ3v) is 3.75. The van der Waals surface area contributed by atoms with Crippen LogP contribution >= 0.6 is 0 Å². The molecule has 0 saturated carbocycles. The number of rotatable bonds is 3. The Morgan fingerprint density at radius 1 is 1.30 bits per heavy atom. The van der Waals surface area contributed by atoms with Crippen molar-refractivity contribution in [2.45, 2.75) is 13.1 Å². The summed E-state index contributed by atoms with van der Waals surface area (Å²) in [6, 6.07) is 9.65. The molecule has 0 aliphatic heterocycles. The summed E-state index contributed by atoms with van der Waals surface area (Å²) in [4.78, 5) is 23.1. The Labute approximate surface area is 152 Å². The number of hydrogen-bond acceptors (Lipinski definition) is 3. The quantitative estimate of drug-likeness (QED) is 0.728. The van der Waals surface area contributed by atoms with Gasteiger partial charge < -0.3 is 14.4 Å². The molecule has 0 radical (unpaired) electrons. The average molecular weight is 382 g/mol. The van der Waals surface area contributed by atoms with Crippen molar-refractivity contribution in [1.29, 1.82) is 0 Å². The van der Waals surface area contributed by atoms with Gasteiger partial charge in [0.05, 0.1) is 22.5 Å². The molecule has 0 bridgehead atoms. The molecule has 0 atom stereocenters. The number of H-pyrrole nitrogens is 1. The number of halogens is 3. The molecule has 0 fully saturated rings. The molecule has 0 unspecified atom stereocenters. The number of nitrogens with one attached hydrogen (secondary N) is 1. The molecule has 7 nitrogen and oxygen atoms in total. The Bertz CT molecular complexity index is 933. The molecular formula is C17H17F3N4O3. The largest absolute Gasteiger partial charge is 0.490 e. The third-order valence-electron chi connectivity index (χ3n) is 3.75. The zero-order chi connectivity index (χ0) is 20.2.